The fourth-order valence-electron chi connectivity index (χ4n) is 5.34. The number of pyridine rings is 2. The van der Waals surface area contributed by atoms with Crippen LogP contribution in [0.15, 0.2) is 43.2 Å². The topological polar surface area (TPSA) is 118 Å². The van der Waals surface area contributed by atoms with Crippen molar-refractivity contribution in [2.75, 3.05) is 25.6 Å². The monoisotopic (exact) mass is 537 g/mol. The van der Waals surface area contributed by atoms with Gasteiger partial charge in [0.2, 0.25) is 5.91 Å². The Balaban J connectivity index is 1.63. The van der Waals surface area contributed by atoms with Gasteiger partial charge < -0.3 is 30.5 Å². The Morgan fingerprint density at radius 1 is 1.38 bits per heavy atom. The van der Waals surface area contributed by atoms with Gasteiger partial charge in [0.25, 0.3) is 0 Å². The number of aliphatic hydroxyl groups is 1. The molecule has 2 aromatic rings. The van der Waals surface area contributed by atoms with Crippen LogP contribution in [0.4, 0.5) is 11.5 Å². The normalized spacial score (nSPS) is 19.3. The number of anilines is 2. The molecule has 3 heterocycles. The summed E-state index contributed by atoms with van der Waals surface area (Å²) < 4.78 is 11.6. The Labute approximate surface area is 231 Å². The van der Waals surface area contributed by atoms with Gasteiger partial charge >= 0.3 is 0 Å². The molecule has 9 nitrogen and oxygen atoms in total. The fraction of sp³-hybridized carbons (Fsp3) is 0.567. The summed E-state index contributed by atoms with van der Waals surface area (Å²) in [5.41, 5.74) is 2.65. The smallest absolute Gasteiger partial charge is 0.246 e. The highest BCUT2D eigenvalue weighted by Gasteiger charge is 2.47. The Kier molecular flexibility index (Phi) is 9.25. The van der Waals surface area contributed by atoms with E-state index >= 15 is 0 Å². The van der Waals surface area contributed by atoms with Gasteiger partial charge in [-0.05, 0) is 55.7 Å². The Hall–Kier alpha value is -3.01. The van der Waals surface area contributed by atoms with Crippen molar-refractivity contribution in [3.63, 3.8) is 0 Å². The molecule has 0 bridgehead atoms. The second-order valence-electron chi connectivity index (χ2n) is 12.0. The quantitative estimate of drug-likeness (QED) is 0.298. The van der Waals surface area contributed by atoms with Crippen LogP contribution < -0.4 is 20.7 Å². The van der Waals surface area contributed by atoms with Crippen molar-refractivity contribution in [1.29, 1.82) is 0 Å². The second-order valence-corrected chi connectivity index (χ2v) is 12.0. The summed E-state index contributed by atoms with van der Waals surface area (Å²) in [4.78, 5) is 21.4. The molecule has 2 aromatic heterocycles. The molecule has 0 aromatic carbocycles. The van der Waals surface area contributed by atoms with Crippen LogP contribution >= 0.6 is 0 Å². The van der Waals surface area contributed by atoms with E-state index in [4.69, 9.17) is 14.5 Å². The van der Waals surface area contributed by atoms with E-state index < -0.39 is 12.1 Å². The standard InChI is InChI=1S/C30H43N5O4/c1-6-9-23(35-26(37)19-38-5)25(36)18-32-24-16-30(11-8-12-30)39-27-22(24)14-21(15-29(2,3)4)34-28(27)33-20-10-7-13-31-17-20/h6-7,10,13-14,17,23-25,32,36H,1,8-9,11-12,15-16,18-19H2,2-5H3,(H,33,34)(H,35,37)/t23-,24-,25+/m0/s1. The Bertz CT molecular complexity index is 1130. The van der Waals surface area contributed by atoms with E-state index in [0.29, 0.717) is 18.8 Å². The number of rotatable bonds is 12. The third-order valence-corrected chi connectivity index (χ3v) is 7.31. The largest absolute Gasteiger partial charge is 0.483 e. The van der Waals surface area contributed by atoms with E-state index in [1.165, 1.54) is 7.11 Å². The summed E-state index contributed by atoms with van der Waals surface area (Å²) >= 11 is 0. The predicted octanol–water partition coefficient (Wildman–Crippen LogP) is 4.21. The van der Waals surface area contributed by atoms with Crippen LogP contribution in [0.25, 0.3) is 0 Å². The van der Waals surface area contributed by atoms with Crippen LogP contribution in [0.1, 0.15) is 70.2 Å². The molecule has 1 spiro atoms. The zero-order valence-electron chi connectivity index (χ0n) is 23.6. The van der Waals surface area contributed by atoms with Gasteiger partial charge in [-0.15, -0.1) is 6.58 Å². The van der Waals surface area contributed by atoms with E-state index in [1.807, 2.05) is 12.1 Å². The third kappa shape index (κ3) is 7.56. The number of aromatic nitrogens is 2. The van der Waals surface area contributed by atoms with Gasteiger partial charge in [-0.25, -0.2) is 4.98 Å². The molecule has 1 amide bonds. The van der Waals surface area contributed by atoms with Crippen molar-refractivity contribution in [2.45, 2.75) is 83.1 Å². The first-order valence-corrected chi connectivity index (χ1v) is 13.8. The van der Waals surface area contributed by atoms with Gasteiger partial charge in [0.15, 0.2) is 11.6 Å². The van der Waals surface area contributed by atoms with Crippen LogP contribution in [0.5, 0.6) is 5.75 Å². The summed E-state index contributed by atoms with van der Waals surface area (Å²) in [5.74, 6) is 1.18. The average molecular weight is 538 g/mol. The highest BCUT2D eigenvalue weighted by molar-refractivity contribution is 5.77. The number of nitrogens with zero attached hydrogens (tertiary/aromatic N) is 2. The van der Waals surface area contributed by atoms with Crippen LogP contribution in [-0.4, -0.2) is 59.0 Å². The van der Waals surface area contributed by atoms with Crippen molar-refractivity contribution in [3.8, 4) is 5.75 Å². The first-order valence-electron chi connectivity index (χ1n) is 13.8. The van der Waals surface area contributed by atoms with Gasteiger partial charge in [-0.1, -0.05) is 26.8 Å². The first kappa shape index (κ1) is 29.0. The minimum atomic E-state index is -0.809. The van der Waals surface area contributed by atoms with Gasteiger partial charge in [0.1, 0.15) is 12.2 Å². The zero-order chi connectivity index (χ0) is 28.0. The molecule has 4 N–H and O–H groups in total. The van der Waals surface area contributed by atoms with Gasteiger partial charge in [-0.3, -0.25) is 9.78 Å². The van der Waals surface area contributed by atoms with Crippen molar-refractivity contribution < 1.29 is 19.4 Å². The van der Waals surface area contributed by atoms with E-state index in [-0.39, 0.29) is 29.6 Å². The van der Waals surface area contributed by atoms with Crippen LogP contribution in [0.2, 0.25) is 0 Å². The molecule has 0 radical (unpaired) electrons. The lowest BCUT2D eigenvalue weighted by Crippen LogP contribution is -2.52. The van der Waals surface area contributed by atoms with E-state index in [1.54, 1.807) is 18.5 Å². The molecular weight excluding hydrogens is 494 g/mol. The number of methoxy groups -OCH3 is 1. The highest BCUT2D eigenvalue weighted by atomic mass is 16.5. The average Bonchev–Trinajstić information content (AvgIpc) is 2.86. The van der Waals surface area contributed by atoms with Crippen molar-refractivity contribution >= 4 is 17.4 Å². The number of carbonyl (C=O) groups is 1. The summed E-state index contributed by atoms with van der Waals surface area (Å²) in [6.07, 6.45) is 9.55. The summed E-state index contributed by atoms with van der Waals surface area (Å²) in [6, 6.07) is 5.49. The molecule has 1 fully saturated rings. The number of carbonyl (C=O) groups excluding carboxylic acids is 1. The van der Waals surface area contributed by atoms with Crippen LogP contribution in [0, 0.1) is 5.41 Å². The molecule has 39 heavy (non-hydrogen) atoms. The summed E-state index contributed by atoms with van der Waals surface area (Å²) in [6.45, 7) is 10.6. The van der Waals surface area contributed by atoms with E-state index in [2.05, 4.69) is 54.4 Å². The van der Waals surface area contributed by atoms with E-state index in [0.717, 1.165) is 54.8 Å². The zero-order valence-corrected chi connectivity index (χ0v) is 23.6. The molecule has 1 aliphatic heterocycles. The number of amides is 1. The molecule has 1 aliphatic carbocycles. The van der Waals surface area contributed by atoms with Crippen molar-refractivity contribution in [1.82, 2.24) is 20.6 Å². The molecule has 0 saturated heterocycles. The van der Waals surface area contributed by atoms with Gasteiger partial charge in [0, 0.05) is 43.6 Å². The van der Waals surface area contributed by atoms with Gasteiger partial charge in [-0.2, -0.15) is 0 Å². The SMILES string of the molecule is C=CC[C@H](NC(=O)COC)[C@H](O)CN[C@H]1CC2(CCC2)Oc2c1cc(CC(C)(C)C)nc2Nc1cccnc1. The molecule has 0 unspecified atom stereocenters. The van der Waals surface area contributed by atoms with Crippen LogP contribution in [-0.2, 0) is 16.0 Å². The Morgan fingerprint density at radius 2 is 2.18 bits per heavy atom. The van der Waals surface area contributed by atoms with E-state index in [9.17, 15) is 9.90 Å². The number of fused-ring (bicyclic) bond motifs is 1. The number of ether oxygens (including phenoxy) is 2. The lowest BCUT2D eigenvalue weighted by Gasteiger charge is -2.48. The number of hydrogen-bond acceptors (Lipinski definition) is 8. The van der Waals surface area contributed by atoms with Crippen molar-refractivity contribution in [3.05, 3.63) is 54.5 Å². The Morgan fingerprint density at radius 3 is 2.79 bits per heavy atom. The second kappa shape index (κ2) is 12.4. The predicted molar refractivity (Wildman–Crippen MR) is 152 cm³/mol. The van der Waals surface area contributed by atoms with Gasteiger partial charge in [0.05, 0.1) is 24.0 Å². The number of hydrogen-bond donors (Lipinski definition) is 4. The maximum atomic E-state index is 12.1. The molecular formula is C30H43N5O4. The molecule has 9 heteroatoms. The molecule has 4 rings (SSSR count). The highest BCUT2D eigenvalue weighted by Crippen LogP contribution is 2.51. The molecule has 3 atom stereocenters. The number of aliphatic hydroxyl groups excluding tert-OH is 1. The fourth-order valence-corrected chi connectivity index (χ4v) is 5.34. The minimum Gasteiger partial charge on any atom is -0.483 e. The third-order valence-electron chi connectivity index (χ3n) is 7.31. The molecule has 2 aliphatic rings. The lowest BCUT2D eigenvalue weighted by molar-refractivity contribution is -0.126. The van der Waals surface area contributed by atoms with Crippen LogP contribution in [0.3, 0.4) is 0 Å². The summed E-state index contributed by atoms with van der Waals surface area (Å²) in [7, 11) is 1.47. The summed E-state index contributed by atoms with van der Waals surface area (Å²) in [5, 5.41) is 21.0. The minimum absolute atomic E-state index is 0.0427. The van der Waals surface area contributed by atoms with Crippen molar-refractivity contribution in [2.24, 2.45) is 5.41 Å². The maximum absolute atomic E-state index is 12.1. The molecule has 1 saturated carbocycles. The number of nitrogens with one attached hydrogen (secondary N) is 3. The first-order chi connectivity index (χ1) is 18.6. The molecule has 212 valence electrons. The maximum Gasteiger partial charge on any atom is 0.246 e. The lowest BCUT2D eigenvalue weighted by atomic mass is 9.72.